The SMILES string of the molecule is Cc1ccc(S(=O)(=O)Nc2ccc(O)c([N+](=O)[O-])c2)cc1. The summed E-state index contributed by atoms with van der Waals surface area (Å²) < 4.78 is 26.5. The Morgan fingerprint density at radius 3 is 2.33 bits per heavy atom. The summed E-state index contributed by atoms with van der Waals surface area (Å²) in [6, 6.07) is 9.43. The number of benzene rings is 2. The van der Waals surface area contributed by atoms with Gasteiger partial charge in [-0.25, -0.2) is 8.42 Å². The van der Waals surface area contributed by atoms with E-state index in [0.717, 1.165) is 17.7 Å². The van der Waals surface area contributed by atoms with Crippen molar-refractivity contribution in [2.75, 3.05) is 4.72 Å². The second-order valence-electron chi connectivity index (χ2n) is 4.38. The number of anilines is 1. The lowest BCUT2D eigenvalue weighted by Crippen LogP contribution is -2.13. The summed E-state index contributed by atoms with van der Waals surface area (Å²) in [5.41, 5.74) is 0.341. The summed E-state index contributed by atoms with van der Waals surface area (Å²) in [5, 5.41) is 20.0. The van der Waals surface area contributed by atoms with Gasteiger partial charge in [0.15, 0.2) is 5.75 Å². The zero-order valence-electron chi connectivity index (χ0n) is 11.0. The predicted molar refractivity (Wildman–Crippen MR) is 76.7 cm³/mol. The molecule has 0 fully saturated rings. The zero-order chi connectivity index (χ0) is 15.6. The van der Waals surface area contributed by atoms with Crippen molar-refractivity contribution >= 4 is 21.4 Å². The van der Waals surface area contributed by atoms with Crippen LogP contribution >= 0.6 is 0 Å². The van der Waals surface area contributed by atoms with Gasteiger partial charge in [-0.15, -0.1) is 0 Å². The van der Waals surface area contributed by atoms with Crippen LogP contribution < -0.4 is 4.72 Å². The highest BCUT2D eigenvalue weighted by Gasteiger charge is 2.18. The average Bonchev–Trinajstić information content (AvgIpc) is 2.41. The maximum atomic E-state index is 12.1. The van der Waals surface area contributed by atoms with Gasteiger partial charge < -0.3 is 5.11 Å². The average molecular weight is 308 g/mol. The van der Waals surface area contributed by atoms with Gasteiger partial charge in [-0.05, 0) is 31.2 Å². The van der Waals surface area contributed by atoms with Crippen LogP contribution in [0.4, 0.5) is 11.4 Å². The van der Waals surface area contributed by atoms with Crippen molar-refractivity contribution in [3.63, 3.8) is 0 Å². The van der Waals surface area contributed by atoms with Crippen molar-refractivity contribution < 1.29 is 18.4 Å². The van der Waals surface area contributed by atoms with Crippen LogP contribution in [0.1, 0.15) is 5.56 Å². The van der Waals surface area contributed by atoms with Crippen LogP contribution in [0.5, 0.6) is 5.75 Å². The highest BCUT2D eigenvalue weighted by atomic mass is 32.2. The Morgan fingerprint density at radius 2 is 1.76 bits per heavy atom. The minimum absolute atomic E-state index is 0.0000694. The fraction of sp³-hybridized carbons (Fsp3) is 0.0769. The van der Waals surface area contributed by atoms with Crippen LogP contribution in [0.25, 0.3) is 0 Å². The van der Waals surface area contributed by atoms with E-state index in [9.17, 15) is 23.6 Å². The van der Waals surface area contributed by atoms with Crippen molar-refractivity contribution in [2.24, 2.45) is 0 Å². The molecule has 8 heteroatoms. The lowest BCUT2D eigenvalue weighted by Gasteiger charge is -2.08. The number of phenols is 1. The van der Waals surface area contributed by atoms with E-state index in [1.807, 2.05) is 6.92 Å². The molecule has 2 rings (SSSR count). The van der Waals surface area contributed by atoms with Crippen LogP contribution in [-0.4, -0.2) is 18.4 Å². The molecule has 0 aliphatic heterocycles. The predicted octanol–water partition coefficient (Wildman–Crippen LogP) is 2.41. The summed E-state index contributed by atoms with van der Waals surface area (Å²) >= 11 is 0. The summed E-state index contributed by atoms with van der Waals surface area (Å²) in [5.74, 6) is -0.529. The molecular formula is C13H12N2O5S. The van der Waals surface area contributed by atoms with E-state index in [0.29, 0.717) is 0 Å². The third-order valence-electron chi connectivity index (χ3n) is 2.76. The summed E-state index contributed by atoms with van der Waals surface area (Å²) in [6.07, 6.45) is 0. The molecule has 110 valence electrons. The molecule has 0 radical (unpaired) electrons. The second kappa shape index (κ2) is 5.41. The normalized spacial score (nSPS) is 11.1. The molecule has 7 nitrogen and oxygen atoms in total. The van der Waals surface area contributed by atoms with E-state index in [1.165, 1.54) is 18.2 Å². The second-order valence-corrected chi connectivity index (χ2v) is 6.06. The maximum Gasteiger partial charge on any atom is 0.312 e. The smallest absolute Gasteiger partial charge is 0.312 e. The van der Waals surface area contributed by atoms with E-state index in [1.54, 1.807) is 12.1 Å². The summed E-state index contributed by atoms with van der Waals surface area (Å²) in [7, 11) is -3.84. The number of nitro groups is 1. The molecule has 0 aliphatic rings. The monoisotopic (exact) mass is 308 g/mol. The van der Waals surface area contributed by atoms with E-state index >= 15 is 0 Å². The highest BCUT2D eigenvalue weighted by molar-refractivity contribution is 7.92. The van der Waals surface area contributed by atoms with Crippen LogP contribution in [0.15, 0.2) is 47.4 Å². The number of aryl methyl sites for hydroxylation is 1. The number of nitrogens with zero attached hydrogens (tertiary/aromatic N) is 1. The summed E-state index contributed by atoms with van der Waals surface area (Å²) in [6.45, 7) is 1.83. The lowest BCUT2D eigenvalue weighted by molar-refractivity contribution is -0.385. The molecule has 0 saturated carbocycles. The number of hydrogen-bond donors (Lipinski definition) is 2. The number of phenolic OH excluding ortho intramolecular Hbond substituents is 1. The number of nitro benzene ring substituents is 1. The molecule has 0 aliphatic carbocycles. The molecule has 0 atom stereocenters. The van der Waals surface area contributed by atoms with Gasteiger partial charge in [-0.2, -0.15) is 0 Å². The lowest BCUT2D eigenvalue weighted by atomic mass is 10.2. The number of rotatable bonds is 4. The molecule has 21 heavy (non-hydrogen) atoms. The quantitative estimate of drug-likeness (QED) is 0.512. The molecule has 2 aromatic carbocycles. The van der Waals surface area contributed by atoms with Gasteiger partial charge in [0.2, 0.25) is 0 Å². The van der Waals surface area contributed by atoms with Crippen LogP contribution in [0.3, 0.4) is 0 Å². The minimum Gasteiger partial charge on any atom is -0.502 e. The Morgan fingerprint density at radius 1 is 1.14 bits per heavy atom. The molecular weight excluding hydrogens is 296 g/mol. The van der Waals surface area contributed by atoms with Crippen LogP contribution in [-0.2, 0) is 10.0 Å². The van der Waals surface area contributed by atoms with Crippen molar-refractivity contribution in [1.82, 2.24) is 0 Å². The molecule has 0 amide bonds. The number of nitrogens with one attached hydrogen (secondary N) is 1. The standard InChI is InChI=1S/C13H12N2O5S/c1-9-2-5-11(6-3-9)21(19,20)14-10-4-7-13(16)12(8-10)15(17)18/h2-8,14,16H,1H3. The Labute approximate surface area is 121 Å². The first kappa shape index (κ1) is 14.8. The molecule has 0 unspecified atom stereocenters. The molecule has 0 heterocycles. The van der Waals surface area contributed by atoms with Gasteiger partial charge in [0.25, 0.3) is 10.0 Å². The van der Waals surface area contributed by atoms with Crippen molar-refractivity contribution in [1.29, 1.82) is 0 Å². The zero-order valence-corrected chi connectivity index (χ0v) is 11.8. The van der Waals surface area contributed by atoms with Crippen molar-refractivity contribution in [3.05, 3.63) is 58.1 Å². The van der Waals surface area contributed by atoms with Gasteiger partial charge in [-0.1, -0.05) is 17.7 Å². The van der Waals surface area contributed by atoms with Crippen LogP contribution in [0.2, 0.25) is 0 Å². The van der Waals surface area contributed by atoms with Gasteiger partial charge in [0, 0.05) is 6.07 Å². The van der Waals surface area contributed by atoms with Crippen LogP contribution in [0, 0.1) is 17.0 Å². The number of sulfonamides is 1. The fourth-order valence-corrected chi connectivity index (χ4v) is 2.71. The third kappa shape index (κ3) is 3.29. The molecule has 0 bridgehead atoms. The van der Waals surface area contributed by atoms with E-state index in [2.05, 4.69) is 4.72 Å². The Bertz CT molecular complexity index is 785. The van der Waals surface area contributed by atoms with E-state index in [-0.39, 0.29) is 10.6 Å². The Kier molecular flexibility index (Phi) is 3.81. The number of hydrogen-bond acceptors (Lipinski definition) is 5. The Balaban J connectivity index is 2.35. The first-order chi connectivity index (χ1) is 9.79. The Hall–Kier alpha value is -2.61. The van der Waals surface area contributed by atoms with Crippen molar-refractivity contribution in [3.8, 4) is 5.75 Å². The van der Waals surface area contributed by atoms with E-state index in [4.69, 9.17) is 0 Å². The largest absolute Gasteiger partial charge is 0.502 e. The topological polar surface area (TPSA) is 110 Å². The molecule has 0 aromatic heterocycles. The highest BCUT2D eigenvalue weighted by Crippen LogP contribution is 2.29. The minimum atomic E-state index is -3.84. The van der Waals surface area contributed by atoms with Gasteiger partial charge in [-0.3, -0.25) is 14.8 Å². The molecule has 2 aromatic rings. The third-order valence-corrected chi connectivity index (χ3v) is 4.15. The molecule has 0 spiro atoms. The first-order valence-electron chi connectivity index (χ1n) is 5.86. The van der Waals surface area contributed by atoms with Gasteiger partial charge >= 0.3 is 5.69 Å². The van der Waals surface area contributed by atoms with E-state index < -0.39 is 26.4 Å². The fourth-order valence-electron chi connectivity index (χ4n) is 1.66. The van der Waals surface area contributed by atoms with Gasteiger partial charge in [0.05, 0.1) is 15.5 Å². The first-order valence-corrected chi connectivity index (χ1v) is 7.35. The summed E-state index contributed by atoms with van der Waals surface area (Å²) in [4.78, 5) is 9.97. The maximum absolute atomic E-state index is 12.1. The molecule has 2 N–H and O–H groups in total. The van der Waals surface area contributed by atoms with Crippen molar-refractivity contribution in [2.45, 2.75) is 11.8 Å². The van der Waals surface area contributed by atoms with Gasteiger partial charge in [0.1, 0.15) is 0 Å². The number of aromatic hydroxyl groups is 1. The molecule has 0 saturated heterocycles.